The number of anilines is 1. The highest BCUT2D eigenvalue weighted by atomic mass is 35.5. The largest absolute Gasteiger partial charge is 0.462 e. The molecule has 0 saturated heterocycles. The number of carbonyl (C=O) groups is 1. The average molecular weight is 364 g/mol. The van der Waals surface area contributed by atoms with Crippen molar-refractivity contribution in [3.63, 3.8) is 0 Å². The Labute approximate surface area is 142 Å². The number of nitroso groups, excluding NO2 is 1. The van der Waals surface area contributed by atoms with Crippen molar-refractivity contribution in [2.45, 2.75) is 43.6 Å². The van der Waals surface area contributed by atoms with Crippen molar-refractivity contribution in [2.75, 3.05) is 18.6 Å². The SMILES string of the molecule is CCOC(=O)c1sc(=S)[nH]c1N(C)C1CCC(Cl)CC1N=O. The number of hydrogen-bond donors (Lipinski definition) is 1. The Balaban J connectivity index is 2.28. The molecule has 0 spiro atoms. The summed E-state index contributed by atoms with van der Waals surface area (Å²) in [4.78, 5) is 28.5. The molecule has 0 aliphatic heterocycles. The lowest BCUT2D eigenvalue weighted by atomic mass is 9.89. The van der Waals surface area contributed by atoms with Gasteiger partial charge in [0.2, 0.25) is 0 Å². The van der Waals surface area contributed by atoms with Crippen molar-refractivity contribution >= 4 is 46.9 Å². The number of nitrogens with one attached hydrogen (secondary N) is 1. The van der Waals surface area contributed by atoms with Crippen LogP contribution in [0.4, 0.5) is 5.82 Å². The number of alkyl halides is 1. The molecule has 22 heavy (non-hydrogen) atoms. The van der Waals surface area contributed by atoms with Crippen LogP contribution in [0.5, 0.6) is 0 Å². The number of rotatable bonds is 5. The number of hydrogen-bond acceptors (Lipinski definition) is 7. The average Bonchev–Trinajstić information content (AvgIpc) is 2.88. The van der Waals surface area contributed by atoms with E-state index in [0.29, 0.717) is 27.7 Å². The summed E-state index contributed by atoms with van der Waals surface area (Å²) >= 11 is 12.4. The summed E-state index contributed by atoms with van der Waals surface area (Å²) in [6.07, 6.45) is 2.08. The monoisotopic (exact) mass is 363 g/mol. The molecule has 2 rings (SSSR count). The number of carbonyl (C=O) groups excluding carboxylic acids is 1. The van der Waals surface area contributed by atoms with Crippen LogP contribution in [0, 0.1) is 8.86 Å². The van der Waals surface area contributed by atoms with E-state index >= 15 is 0 Å². The second-order valence-corrected chi connectivity index (χ2v) is 7.48. The van der Waals surface area contributed by atoms with E-state index in [2.05, 4.69) is 10.2 Å². The second kappa shape index (κ2) is 7.52. The first-order chi connectivity index (χ1) is 10.5. The molecule has 1 saturated carbocycles. The quantitative estimate of drug-likeness (QED) is 0.373. The van der Waals surface area contributed by atoms with Crippen molar-refractivity contribution in [3.8, 4) is 0 Å². The van der Waals surface area contributed by atoms with Gasteiger partial charge in [-0.2, -0.15) is 4.91 Å². The highest BCUT2D eigenvalue weighted by Gasteiger charge is 2.35. The van der Waals surface area contributed by atoms with Gasteiger partial charge in [0.05, 0.1) is 12.6 Å². The molecule has 1 heterocycles. The normalized spacial score (nSPS) is 24.8. The minimum Gasteiger partial charge on any atom is -0.462 e. The first-order valence-electron chi connectivity index (χ1n) is 7.07. The highest BCUT2D eigenvalue weighted by Crippen LogP contribution is 2.33. The molecule has 0 amide bonds. The maximum absolute atomic E-state index is 12.1. The summed E-state index contributed by atoms with van der Waals surface area (Å²) in [5.74, 6) is 0.170. The van der Waals surface area contributed by atoms with Crippen molar-refractivity contribution in [1.29, 1.82) is 0 Å². The fourth-order valence-corrected chi connectivity index (χ4v) is 4.14. The first kappa shape index (κ1) is 17.4. The van der Waals surface area contributed by atoms with Gasteiger partial charge in [0, 0.05) is 12.4 Å². The summed E-state index contributed by atoms with van der Waals surface area (Å²) < 4.78 is 5.55. The number of aromatic amines is 1. The van der Waals surface area contributed by atoms with Crippen LogP contribution >= 0.6 is 35.2 Å². The summed E-state index contributed by atoms with van der Waals surface area (Å²) in [5.41, 5.74) is 0. The molecular weight excluding hydrogens is 346 g/mol. The molecule has 0 bridgehead atoms. The van der Waals surface area contributed by atoms with Crippen LogP contribution in [-0.2, 0) is 4.74 Å². The van der Waals surface area contributed by atoms with Gasteiger partial charge in [0.25, 0.3) is 0 Å². The van der Waals surface area contributed by atoms with Gasteiger partial charge >= 0.3 is 5.97 Å². The van der Waals surface area contributed by atoms with E-state index in [1.807, 2.05) is 11.9 Å². The molecule has 1 aromatic heterocycles. The molecule has 6 nitrogen and oxygen atoms in total. The number of esters is 1. The number of aromatic nitrogens is 1. The van der Waals surface area contributed by atoms with E-state index in [9.17, 15) is 9.70 Å². The Kier molecular flexibility index (Phi) is 5.94. The van der Waals surface area contributed by atoms with E-state index in [-0.39, 0.29) is 11.4 Å². The lowest BCUT2D eigenvalue weighted by molar-refractivity contribution is 0.0532. The summed E-state index contributed by atoms with van der Waals surface area (Å²) in [7, 11) is 1.83. The van der Waals surface area contributed by atoms with E-state index in [1.165, 1.54) is 11.3 Å². The number of ether oxygens (including phenoxy) is 1. The predicted octanol–water partition coefficient (Wildman–Crippen LogP) is 3.71. The summed E-state index contributed by atoms with van der Waals surface area (Å²) in [5, 5.41) is 3.18. The van der Waals surface area contributed by atoms with Gasteiger partial charge in [-0.05, 0) is 38.4 Å². The topological polar surface area (TPSA) is 74.8 Å². The van der Waals surface area contributed by atoms with Crippen molar-refractivity contribution in [3.05, 3.63) is 13.7 Å². The molecule has 1 aromatic rings. The minimum absolute atomic E-state index is 0.0298. The molecule has 0 radical (unpaired) electrons. The molecule has 3 atom stereocenters. The molecule has 9 heteroatoms. The van der Waals surface area contributed by atoms with Crippen LogP contribution in [0.1, 0.15) is 35.9 Å². The third kappa shape index (κ3) is 3.67. The number of likely N-dealkylation sites (N-methyl/N-ethyl adjacent to an activating group) is 1. The Morgan fingerprint density at radius 1 is 1.59 bits per heavy atom. The lowest BCUT2D eigenvalue weighted by Crippen LogP contribution is -2.45. The van der Waals surface area contributed by atoms with E-state index in [4.69, 9.17) is 28.6 Å². The molecule has 1 N–H and O–H groups in total. The van der Waals surface area contributed by atoms with Gasteiger partial charge in [-0.25, -0.2) is 4.79 Å². The third-order valence-electron chi connectivity index (χ3n) is 3.79. The molecule has 1 aliphatic carbocycles. The number of H-pyrrole nitrogens is 1. The lowest BCUT2D eigenvalue weighted by Gasteiger charge is -2.36. The minimum atomic E-state index is -0.414. The predicted molar refractivity (Wildman–Crippen MR) is 90.7 cm³/mol. The Morgan fingerprint density at radius 3 is 2.95 bits per heavy atom. The smallest absolute Gasteiger partial charge is 0.352 e. The first-order valence-corrected chi connectivity index (χ1v) is 8.73. The van der Waals surface area contributed by atoms with E-state index in [0.717, 1.165) is 12.8 Å². The number of halogens is 1. The molecular formula is C13H18ClN3O3S2. The maximum Gasteiger partial charge on any atom is 0.352 e. The van der Waals surface area contributed by atoms with Crippen LogP contribution in [0.3, 0.4) is 0 Å². The van der Waals surface area contributed by atoms with Crippen LogP contribution < -0.4 is 4.90 Å². The van der Waals surface area contributed by atoms with Crippen LogP contribution in [0.15, 0.2) is 5.18 Å². The number of nitrogens with zero attached hydrogens (tertiary/aromatic N) is 2. The standard InChI is InChI=1S/C13H18ClN3O3S2/c1-3-20-12(18)10-11(15-13(21)22-10)17(2)9-5-4-7(14)6-8(9)16-19/h7-9H,3-6H2,1-2H3,(H,15,21). The summed E-state index contributed by atoms with van der Waals surface area (Å²) in [6, 6.07) is -0.515. The fourth-order valence-electron chi connectivity index (χ4n) is 2.72. The summed E-state index contributed by atoms with van der Waals surface area (Å²) in [6.45, 7) is 2.05. The Bertz CT molecular complexity index is 604. The maximum atomic E-state index is 12.1. The molecule has 122 valence electrons. The van der Waals surface area contributed by atoms with Crippen LogP contribution in [-0.4, -0.2) is 42.1 Å². The molecule has 0 aromatic carbocycles. The molecule has 1 fully saturated rings. The van der Waals surface area contributed by atoms with E-state index < -0.39 is 12.0 Å². The van der Waals surface area contributed by atoms with Gasteiger partial charge in [0.15, 0.2) is 8.83 Å². The van der Waals surface area contributed by atoms with Crippen LogP contribution in [0.25, 0.3) is 0 Å². The zero-order chi connectivity index (χ0) is 16.3. The molecule has 1 aliphatic rings. The van der Waals surface area contributed by atoms with Gasteiger partial charge in [-0.15, -0.1) is 11.6 Å². The van der Waals surface area contributed by atoms with Crippen molar-refractivity contribution in [1.82, 2.24) is 4.98 Å². The van der Waals surface area contributed by atoms with Gasteiger partial charge in [-0.3, -0.25) is 0 Å². The van der Waals surface area contributed by atoms with Crippen LogP contribution in [0.2, 0.25) is 0 Å². The third-order valence-corrected chi connectivity index (χ3v) is 5.39. The zero-order valence-electron chi connectivity index (χ0n) is 12.4. The van der Waals surface area contributed by atoms with Crippen molar-refractivity contribution < 1.29 is 9.53 Å². The fraction of sp³-hybridized carbons (Fsp3) is 0.692. The van der Waals surface area contributed by atoms with Gasteiger partial charge in [-0.1, -0.05) is 16.5 Å². The Morgan fingerprint density at radius 2 is 2.32 bits per heavy atom. The van der Waals surface area contributed by atoms with E-state index in [1.54, 1.807) is 6.92 Å². The van der Waals surface area contributed by atoms with Gasteiger partial charge < -0.3 is 14.6 Å². The molecule has 3 unspecified atom stereocenters. The van der Waals surface area contributed by atoms with Crippen molar-refractivity contribution in [2.24, 2.45) is 5.18 Å². The second-order valence-electron chi connectivity index (χ2n) is 5.17. The number of thiazole rings is 1. The van der Waals surface area contributed by atoms with Gasteiger partial charge in [0.1, 0.15) is 11.9 Å². The highest BCUT2D eigenvalue weighted by molar-refractivity contribution is 7.73. The Hall–Kier alpha value is -0.990. The zero-order valence-corrected chi connectivity index (χ0v) is 14.8.